The lowest BCUT2D eigenvalue weighted by Crippen LogP contribution is -2.12. The Kier molecular flexibility index (Phi) is 3.64. The van der Waals surface area contributed by atoms with E-state index >= 15 is 0 Å². The Morgan fingerprint density at radius 3 is 2.76 bits per heavy atom. The molecule has 1 aromatic carbocycles. The quantitative estimate of drug-likeness (QED) is 0.779. The highest BCUT2D eigenvalue weighted by Crippen LogP contribution is 2.17. The maximum Gasteiger partial charge on any atom is 0.323 e. The molecule has 0 saturated carbocycles. The normalized spacial score (nSPS) is 10.9. The molecule has 1 N–H and O–H groups in total. The van der Waals surface area contributed by atoms with Gasteiger partial charge in [0.2, 0.25) is 0 Å². The highest BCUT2D eigenvalue weighted by Gasteiger charge is 2.12. The Balaban J connectivity index is 1.91. The number of rotatable bonds is 5. The molecule has 5 heteroatoms. The van der Waals surface area contributed by atoms with Gasteiger partial charge >= 0.3 is 5.97 Å². The van der Waals surface area contributed by atoms with Crippen LogP contribution in [0.3, 0.4) is 0 Å². The second kappa shape index (κ2) is 5.75. The smallest absolute Gasteiger partial charge is 0.323 e. The fourth-order valence-corrected chi connectivity index (χ4v) is 2.43. The van der Waals surface area contributed by atoms with Gasteiger partial charge in [0.25, 0.3) is 0 Å². The van der Waals surface area contributed by atoms with Crippen LogP contribution < -0.4 is 0 Å². The van der Waals surface area contributed by atoms with Gasteiger partial charge in [-0.3, -0.25) is 9.78 Å². The summed E-state index contributed by atoms with van der Waals surface area (Å²) in [4.78, 5) is 19.7. The summed E-state index contributed by atoms with van der Waals surface area (Å²) in [6.45, 7) is -0.0666. The van der Waals surface area contributed by atoms with Gasteiger partial charge in [-0.15, -0.1) is 0 Å². The third-order valence-electron chi connectivity index (χ3n) is 3.39. The third kappa shape index (κ3) is 2.91. The Morgan fingerprint density at radius 1 is 1.14 bits per heavy atom. The van der Waals surface area contributed by atoms with Gasteiger partial charge in [-0.1, -0.05) is 18.2 Å². The Bertz CT molecular complexity index is 766. The van der Waals surface area contributed by atoms with Gasteiger partial charge in [0.05, 0.1) is 11.0 Å². The maximum absolute atomic E-state index is 11.1. The Morgan fingerprint density at radius 2 is 2.00 bits per heavy atom. The molecule has 0 amide bonds. The first-order valence-corrected chi connectivity index (χ1v) is 6.79. The number of carbonyl (C=O) groups is 1. The van der Waals surface area contributed by atoms with Gasteiger partial charge in [-0.25, -0.2) is 4.98 Å². The average molecular weight is 281 g/mol. The molecule has 5 nitrogen and oxygen atoms in total. The summed E-state index contributed by atoms with van der Waals surface area (Å²) in [5.74, 6) is -0.0665. The van der Waals surface area contributed by atoms with Crippen LogP contribution in [0.25, 0.3) is 11.0 Å². The van der Waals surface area contributed by atoms with Crippen LogP contribution in [0.4, 0.5) is 0 Å². The van der Waals surface area contributed by atoms with Crippen LogP contribution in [0.2, 0.25) is 0 Å². The standard InChI is InChI=1S/C16H15N3O2/c20-16(21)11-19-14-6-2-1-5-13(14)18-15(19)8-7-12-4-3-9-17-10-12/h1-6,9-10H,7-8,11H2,(H,20,21). The van der Waals surface area contributed by atoms with Crippen molar-refractivity contribution in [3.63, 3.8) is 0 Å². The average Bonchev–Trinajstić information content (AvgIpc) is 2.84. The number of pyridine rings is 1. The number of fused-ring (bicyclic) bond motifs is 1. The molecule has 2 aromatic heterocycles. The molecule has 0 atom stereocenters. The first-order chi connectivity index (χ1) is 10.2. The molecule has 3 aromatic rings. The number of benzene rings is 1. The number of imidazole rings is 1. The van der Waals surface area contributed by atoms with Crippen LogP contribution in [0.5, 0.6) is 0 Å². The lowest BCUT2D eigenvalue weighted by Gasteiger charge is -2.06. The van der Waals surface area contributed by atoms with Crippen molar-refractivity contribution < 1.29 is 9.90 Å². The van der Waals surface area contributed by atoms with Crippen LogP contribution in [-0.4, -0.2) is 25.6 Å². The van der Waals surface area contributed by atoms with Gasteiger partial charge < -0.3 is 9.67 Å². The lowest BCUT2D eigenvalue weighted by atomic mass is 10.1. The van der Waals surface area contributed by atoms with E-state index in [1.165, 1.54) is 0 Å². The van der Waals surface area contributed by atoms with E-state index in [2.05, 4.69) is 9.97 Å². The van der Waals surface area contributed by atoms with Gasteiger partial charge in [0.1, 0.15) is 12.4 Å². The molecule has 0 aliphatic rings. The number of carboxylic acid groups (broad SMARTS) is 1. The Labute approximate surface area is 121 Å². The van der Waals surface area contributed by atoms with Crippen LogP contribution >= 0.6 is 0 Å². The minimum atomic E-state index is -0.860. The lowest BCUT2D eigenvalue weighted by molar-refractivity contribution is -0.137. The van der Waals surface area contributed by atoms with Crippen LogP contribution in [0.1, 0.15) is 11.4 Å². The van der Waals surface area contributed by atoms with Gasteiger partial charge in [0, 0.05) is 18.8 Å². The topological polar surface area (TPSA) is 68.0 Å². The van der Waals surface area contributed by atoms with Crippen LogP contribution in [-0.2, 0) is 24.2 Å². The predicted octanol–water partition coefficient (Wildman–Crippen LogP) is 2.30. The number of carboxylic acids is 1. The van der Waals surface area contributed by atoms with Crippen molar-refractivity contribution in [1.29, 1.82) is 0 Å². The first-order valence-electron chi connectivity index (χ1n) is 6.79. The number of aryl methyl sites for hydroxylation is 2. The molecule has 0 bridgehead atoms. The van der Waals surface area contributed by atoms with E-state index in [-0.39, 0.29) is 6.54 Å². The zero-order valence-corrected chi connectivity index (χ0v) is 11.4. The highest BCUT2D eigenvalue weighted by molar-refractivity contribution is 5.78. The molecule has 2 heterocycles. The number of hydrogen-bond donors (Lipinski definition) is 1. The molecule has 0 saturated heterocycles. The minimum Gasteiger partial charge on any atom is -0.480 e. The van der Waals surface area contributed by atoms with Crippen molar-refractivity contribution in [3.05, 3.63) is 60.2 Å². The zero-order valence-electron chi connectivity index (χ0n) is 11.4. The second-order valence-electron chi connectivity index (χ2n) is 4.86. The second-order valence-corrected chi connectivity index (χ2v) is 4.86. The number of aliphatic carboxylic acids is 1. The molecule has 0 aliphatic carbocycles. The van der Waals surface area contributed by atoms with E-state index in [4.69, 9.17) is 5.11 Å². The van der Waals surface area contributed by atoms with E-state index in [0.29, 0.717) is 6.42 Å². The monoisotopic (exact) mass is 281 g/mol. The van der Waals surface area contributed by atoms with Gasteiger partial charge in [-0.2, -0.15) is 0 Å². The summed E-state index contributed by atoms with van der Waals surface area (Å²) in [5.41, 5.74) is 2.81. The summed E-state index contributed by atoms with van der Waals surface area (Å²) in [5, 5.41) is 9.10. The molecule has 0 radical (unpaired) electrons. The van der Waals surface area contributed by atoms with E-state index in [9.17, 15) is 4.79 Å². The van der Waals surface area contributed by atoms with Crippen molar-refractivity contribution in [2.45, 2.75) is 19.4 Å². The fraction of sp³-hybridized carbons (Fsp3) is 0.188. The number of nitrogens with zero attached hydrogens (tertiary/aromatic N) is 3. The summed E-state index contributed by atoms with van der Waals surface area (Å²) < 4.78 is 1.77. The third-order valence-corrected chi connectivity index (χ3v) is 3.39. The molecule has 106 valence electrons. The molecule has 0 unspecified atom stereocenters. The summed E-state index contributed by atoms with van der Waals surface area (Å²) in [6.07, 6.45) is 5.04. The van der Waals surface area contributed by atoms with Crippen LogP contribution in [0, 0.1) is 0 Å². The van der Waals surface area contributed by atoms with E-state index in [0.717, 1.165) is 28.8 Å². The van der Waals surface area contributed by atoms with E-state index in [1.54, 1.807) is 10.8 Å². The maximum atomic E-state index is 11.1. The van der Waals surface area contributed by atoms with Crippen molar-refractivity contribution in [1.82, 2.24) is 14.5 Å². The van der Waals surface area contributed by atoms with Crippen molar-refractivity contribution in [2.75, 3.05) is 0 Å². The van der Waals surface area contributed by atoms with Crippen molar-refractivity contribution in [2.24, 2.45) is 0 Å². The number of hydrogen-bond acceptors (Lipinski definition) is 3. The van der Waals surface area contributed by atoms with Gasteiger partial charge in [-0.05, 0) is 30.2 Å². The summed E-state index contributed by atoms with van der Waals surface area (Å²) in [6, 6.07) is 11.5. The number of aromatic nitrogens is 3. The fourth-order valence-electron chi connectivity index (χ4n) is 2.43. The molecule has 0 aliphatic heterocycles. The van der Waals surface area contributed by atoms with E-state index in [1.807, 2.05) is 42.6 Å². The molecular formula is C16H15N3O2. The summed E-state index contributed by atoms with van der Waals surface area (Å²) in [7, 11) is 0. The SMILES string of the molecule is O=C(O)Cn1c(CCc2cccnc2)nc2ccccc21. The van der Waals surface area contributed by atoms with Gasteiger partial charge in [0.15, 0.2) is 0 Å². The largest absolute Gasteiger partial charge is 0.480 e. The minimum absolute atomic E-state index is 0.0666. The summed E-state index contributed by atoms with van der Waals surface area (Å²) >= 11 is 0. The van der Waals surface area contributed by atoms with Crippen molar-refractivity contribution in [3.8, 4) is 0 Å². The zero-order chi connectivity index (χ0) is 14.7. The molecule has 21 heavy (non-hydrogen) atoms. The Hall–Kier alpha value is -2.69. The molecule has 0 fully saturated rings. The van der Waals surface area contributed by atoms with Crippen LogP contribution in [0.15, 0.2) is 48.8 Å². The van der Waals surface area contributed by atoms with E-state index < -0.39 is 5.97 Å². The van der Waals surface area contributed by atoms with Crippen molar-refractivity contribution >= 4 is 17.0 Å². The first kappa shape index (κ1) is 13.3. The highest BCUT2D eigenvalue weighted by atomic mass is 16.4. The molecule has 3 rings (SSSR count). The molecule has 0 spiro atoms. The number of para-hydroxylation sites is 2. The predicted molar refractivity (Wildman–Crippen MR) is 79.0 cm³/mol. The molecular weight excluding hydrogens is 266 g/mol.